The van der Waals surface area contributed by atoms with Gasteiger partial charge >= 0.3 is 0 Å². The van der Waals surface area contributed by atoms with Crippen molar-refractivity contribution in [3.05, 3.63) is 52.9 Å². The first-order valence-corrected chi connectivity index (χ1v) is 6.46. The van der Waals surface area contributed by atoms with Crippen molar-refractivity contribution in [2.24, 2.45) is 0 Å². The van der Waals surface area contributed by atoms with Gasteiger partial charge in [-0.15, -0.1) is 0 Å². The Labute approximate surface area is 112 Å². The maximum Gasteiger partial charge on any atom is 0.148 e. The summed E-state index contributed by atoms with van der Waals surface area (Å²) >= 11 is 6.05. The molecule has 0 aliphatic heterocycles. The smallest absolute Gasteiger partial charge is 0.148 e. The van der Waals surface area contributed by atoms with Crippen LogP contribution in [0.3, 0.4) is 0 Å². The molecule has 0 spiro atoms. The number of halogens is 1. The van der Waals surface area contributed by atoms with Crippen LogP contribution >= 0.6 is 11.6 Å². The van der Waals surface area contributed by atoms with E-state index in [-0.39, 0.29) is 0 Å². The van der Waals surface area contributed by atoms with E-state index in [0.717, 1.165) is 31.0 Å². The van der Waals surface area contributed by atoms with E-state index in [1.807, 2.05) is 25.1 Å². The summed E-state index contributed by atoms with van der Waals surface area (Å²) in [6.45, 7) is 2.83. The van der Waals surface area contributed by atoms with E-state index >= 15 is 0 Å². The topological polar surface area (TPSA) is 37.8 Å². The summed E-state index contributed by atoms with van der Waals surface area (Å²) in [5.41, 5.74) is 1.30. The van der Waals surface area contributed by atoms with Crippen molar-refractivity contribution < 1.29 is 0 Å². The first-order valence-electron chi connectivity index (χ1n) is 6.09. The maximum absolute atomic E-state index is 6.05. The summed E-state index contributed by atoms with van der Waals surface area (Å²) in [5.74, 6) is 1.53. The van der Waals surface area contributed by atoms with Gasteiger partial charge in [-0.2, -0.15) is 0 Å². The lowest BCUT2D eigenvalue weighted by Gasteiger charge is -2.08. The Morgan fingerprint density at radius 3 is 2.72 bits per heavy atom. The fourth-order valence-electron chi connectivity index (χ4n) is 1.67. The van der Waals surface area contributed by atoms with Crippen LogP contribution in [-0.4, -0.2) is 16.5 Å². The van der Waals surface area contributed by atoms with Crippen LogP contribution in [0, 0.1) is 0 Å². The Balaban J connectivity index is 1.94. The van der Waals surface area contributed by atoms with Crippen LogP contribution in [-0.2, 0) is 12.8 Å². The molecule has 1 N–H and O–H groups in total. The molecule has 3 nitrogen and oxygen atoms in total. The molecule has 2 rings (SSSR count). The second kappa shape index (κ2) is 6.36. The molecule has 0 saturated carbocycles. The number of nitrogens with zero attached hydrogens (tertiary/aromatic N) is 2. The van der Waals surface area contributed by atoms with E-state index in [4.69, 9.17) is 11.6 Å². The Kier molecular flexibility index (Phi) is 4.53. The van der Waals surface area contributed by atoms with Crippen LogP contribution in [0.2, 0.25) is 5.02 Å². The molecular weight excluding hydrogens is 246 g/mol. The summed E-state index contributed by atoms with van der Waals surface area (Å²) in [4.78, 5) is 8.51. The predicted molar refractivity (Wildman–Crippen MR) is 75.1 cm³/mol. The van der Waals surface area contributed by atoms with Crippen LogP contribution in [0.25, 0.3) is 0 Å². The van der Waals surface area contributed by atoms with Gasteiger partial charge in [-0.3, -0.25) is 0 Å². The number of aryl methyl sites for hydroxylation is 1. The van der Waals surface area contributed by atoms with Gasteiger partial charge in [0, 0.05) is 13.0 Å². The second-order valence-corrected chi connectivity index (χ2v) is 4.41. The molecule has 1 aromatic heterocycles. The van der Waals surface area contributed by atoms with Crippen molar-refractivity contribution in [3.63, 3.8) is 0 Å². The van der Waals surface area contributed by atoms with Gasteiger partial charge in [-0.05, 0) is 12.0 Å². The van der Waals surface area contributed by atoms with Gasteiger partial charge in [-0.1, -0.05) is 48.9 Å². The molecule has 0 bridgehead atoms. The lowest BCUT2D eigenvalue weighted by molar-refractivity contribution is 0.925. The fraction of sp³-hybridized carbons (Fsp3) is 0.286. The average molecular weight is 262 g/mol. The van der Waals surface area contributed by atoms with E-state index < -0.39 is 0 Å². The van der Waals surface area contributed by atoms with Crippen molar-refractivity contribution in [3.8, 4) is 0 Å². The SMILES string of the molecule is CCc1ncc(Cl)c(NCCc2ccccc2)n1. The van der Waals surface area contributed by atoms with E-state index in [0.29, 0.717) is 5.02 Å². The van der Waals surface area contributed by atoms with Crippen molar-refractivity contribution in [2.75, 3.05) is 11.9 Å². The van der Waals surface area contributed by atoms with E-state index in [9.17, 15) is 0 Å². The van der Waals surface area contributed by atoms with Crippen LogP contribution in [0.15, 0.2) is 36.5 Å². The molecule has 0 fully saturated rings. The zero-order valence-corrected chi connectivity index (χ0v) is 11.1. The third-order valence-corrected chi connectivity index (χ3v) is 2.94. The van der Waals surface area contributed by atoms with Crippen molar-refractivity contribution in [1.82, 2.24) is 9.97 Å². The minimum absolute atomic E-state index is 0.570. The molecule has 0 radical (unpaired) electrons. The maximum atomic E-state index is 6.05. The monoisotopic (exact) mass is 261 g/mol. The minimum Gasteiger partial charge on any atom is -0.368 e. The van der Waals surface area contributed by atoms with Gasteiger partial charge in [0.25, 0.3) is 0 Å². The minimum atomic E-state index is 0.570. The highest BCUT2D eigenvalue weighted by Crippen LogP contribution is 2.17. The number of anilines is 1. The van der Waals surface area contributed by atoms with Crippen LogP contribution in [0.5, 0.6) is 0 Å². The van der Waals surface area contributed by atoms with Crippen LogP contribution in [0.1, 0.15) is 18.3 Å². The molecule has 0 aliphatic rings. The molecule has 1 heterocycles. The summed E-state index contributed by atoms with van der Waals surface area (Å²) in [6.07, 6.45) is 3.41. The fourth-order valence-corrected chi connectivity index (χ4v) is 1.83. The third kappa shape index (κ3) is 3.44. The molecule has 94 valence electrons. The number of hydrogen-bond donors (Lipinski definition) is 1. The molecule has 1 aromatic carbocycles. The largest absolute Gasteiger partial charge is 0.368 e. The van der Waals surface area contributed by atoms with Gasteiger partial charge in [0.1, 0.15) is 16.7 Å². The first kappa shape index (κ1) is 12.8. The molecule has 4 heteroatoms. The molecule has 0 atom stereocenters. The number of benzene rings is 1. The van der Waals surface area contributed by atoms with Gasteiger partial charge in [0.2, 0.25) is 0 Å². The van der Waals surface area contributed by atoms with Crippen molar-refractivity contribution in [2.45, 2.75) is 19.8 Å². The summed E-state index contributed by atoms with van der Waals surface area (Å²) in [7, 11) is 0. The van der Waals surface area contributed by atoms with E-state index in [1.54, 1.807) is 6.20 Å². The molecule has 2 aromatic rings. The molecular formula is C14H16ClN3. The van der Waals surface area contributed by atoms with Crippen LogP contribution < -0.4 is 5.32 Å². The van der Waals surface area contributed by atoms with Gasteiger partial charge in [-0.25, -0.2) is 9.97 Å². The molecule has 0 unspecified atom stereocenters. The quantitative estimate of drug-likeness (QED) is 0.897. The molecule has 18 heavy (non-hydrogen) atoms. The number of nitrogens with one attached hydrogen (secondary N) is 1. The second-order valence-electron chi connectivity index (χ2n) is 4.00. The summed E-state index contributed by atoms with van der Waals surface area (Å²) in [5, 5.41) is 3.82. The predicted octanol–water partition coefficient (Wildman–Crippen LogP) is 3.35. The third-order valence-electron chi connectivity index (χ3n) is 2.66. The Morgan fingerprint density at radius 1 is 1.22 bits per heavy atom. The summed E-state index contributed by atoms with van der Waals surface area (Å²) in [6, 6.07) is 10.3. The molecule has 0 aliphatic carbocycles. The van der Waals surface area contributed by atoms with Crippen LogP contribution in [0.4, 0.5) is 5.82 Å². The normalized spacial score (nSPS) is 10.3. The Bertz CT molecular complexity index is 500. The Morgan fingerprint density at radius 2 is 2.00 bits per heavy atom. The van der Waals surface area contributed by atoms with E-state index in [1.165, 1.54) is 5.56 Å². The lowest BCUT2D eigenvalue weighted by Crippen LogP contribution is -2.08. The highest BCUT2D eigenvalue weighted by atomic mass is 35.5. The van der Waals surface area contributed by atoms with Gasteiger partial charge < -0.3 is 5.32 Å². The zero-order chi connectivity index (χ0) is 12.8. The number of rotatable bonds is 5. The van der Waals surface area contributed by atoms with Gasteiger partial charge in [0.05, 0.1) is 6.20 Å². The highest BCUT2D eigenvalue weighted by Gasteiger charge is 2.03. The number of hydrogen-bond acceptors (Lipinski definition) is 3. The van der Waals surface area contributed by atoms with Gasteiger partial charge in [0.15, 0.2) is 0 Å². The lowest BCUT2D eigenvalue weighted by atomic mass is 10.1. The van der Waals surface area contributed by atoms with Crippen molar-refractivity contribution >= 4 is 17.4 Å². The highest BCUT2D eigenvalue weighted by molar-refractivity contribution is 6.32. The average Bonchev–Trinajstić information content (AvgIpc) is 2.42. The van der Waals surface area contributed by atoms with E-state index in [2.05, 4.69) is 27.4 Å². The molecule has 0 amide bonds. The van der Waals surface area contributed by atoms with Crippen molar-refractivity contribution in [1.29, 1.82) is 0 Å². The molecule has 0 saturated heterocycles. The Hall–Kier alpha value is -1.61. The zero-order valence-electron chi connectivity index (χ0n) is 10.4. The standard InChI is InChI=1S/C14H16ClN3/c1-2-13-17-10-12(15)14(18-13)16-9-8-11-6-4-3-5-7-11/h3-7,10H,2,8-9H2,1H3,(H,16,17,18). The summed E-state index contributed by atoms with van der Waals surface area (Å²) < 4.78 is 0. The first-order chi connectivity index (χ1) is 8.79. The number of aromatic nitrogens is 2.